The number of para-hydroxylation sites is 1. The monoisotopic (exact) mass is 231 g/mol. The SMILES string of the molecule is COC(=O)/C=C/c1cccc2c1OC(C#N)O2. The van der Waals surface area contributed by atoms with Crippen LogP contribution in [-0.4, -0.2) is 19.4 Å². The van der Waals surface area contributed by atoms with Gasteiger partial charge in [-0.1, -0.05) is 12.1 Å². The first-order valence-corrected chi connectivity index (χ1v) is 4.86. The van der Waals surface area contributed by atoms with Gasteiger partial charge in [-0.2, -0.15) is 5.26 Å². The van der Waals surface area contributed by atoms with E-state index in [-0.39, 0.29) is 0 Å². The van der Waals surface area contributed by atoms with E-state index in [1.165, 1.54) is 13.2 Å². The zero-order valence-corrected chi connectivity index (χ0v) is 9.04. The van der Waals surface area contributed by atoms with Crippen molar-refractivity contribution in [1.82, 2.24) is 0 Å². The summed E-state index contributed by atoms with van der Waals surface area (Å²) in [5.41, 5.74) is 0.658. The fourth-order valence-corrected chi connectivity index (χ4v) is 1.41. The van der Waals surface area contributed by atoms with Gasteiger partial charge >= 0.3 is 12.3 Å². The third-order valence-electron chi connectivity index (χ3n) is 2.17. The smallest absolute Gasteiger partial charge is 0.331 e. The van der Waals surface area contributed by atoms with Crippen molar-refractivity contribution in [2.75, 3.05) is 7.11 Å². The first-order valence-electron chi connectivity index (χ1n) is 4.86. The van der Waals surface area contributed by atoms with Crippen LogP contribution in [0, 0.1) is 11.3 Å². The predicted octanol–water partition coefficient (Wildman–Crippen LogP) is 1.49. The maximum atomic E-state index is 11.0. The normalized spacial score (nSPS) is 16.8. The molecule has 1 heterocycles. The molecule has 1 aromatic rings. The Kier molecular flexibility index (Phi) is 2.97. The molecule has 1 aromatic carbocycles. The Morgan fingerprint density at radius 1 is 1.53 bits per heavy atom. The van der Waals surface area contributed by atoms with Gasteiger partial charge < -0.3 is 14.2 Å². The van der Waals surface area contributed by atoms with E-state index in [4.69, 9.17) is 14.7 Å². The number of carbonyl (C=O) groups excluding carboxylic acids is 1. The highest BCUT2D eigenvalue weighted by Crippen LogP contribution is 2.38. The molecule has 0 spiro atoms. The Morgan fingerprint density at radius 2 is 2.35 bits per heavy atom. The van der Waals surface area contributed by atoms with Crippen LogP contribution in [0.15, 0.2) is 24.3 Å². The lowest BCUT2D eigenvalue weighted by Gasteiger charge is -2.00. The molecule has 0 bridgehead atoms. The van der Waals surface area contributed by atoms with Crippen LogP contribution in [0.25, 0.3) is 6.08 Å². The number of methoxy groups -OCH3 is 1. The minimum absolute atomic E-state index is 0.458. The molecule has 5 heteroatoms. The fourth-order valence-electron chi connectivity index (χ4n) is 1.41. The highest BCUT2D eigenvalue weighted by Gasteiger charge is 2.25. The molecular formula is C12H9NO4. The number of ether oxygens (including phenoxy) is 3. The van der Waals surface area contributed by atoms with Crippen LogP contribution in [0.3, 0.4) is 0 Å². The maximum absolute atomic E-state index is 11.0. The largest absolute Gasteiger partial charge is 0.466 e. The molecule has 1 aliphatic rings. The topological polar surface area (TPSA) is 68.5 Å². The molecule has 1 atom stereocenters. The zero-order chi connectivity index (χ0) is 12.3. The highest BCUT2D eigenvalue weighted by molar-refractivity contribution is 5.87. The molecule has 5 nitrogen and oxygen atoms in total. The third kappa shape index (κ3) is 2.21. The quantitative estimate of drug-likeness (QED) is 0.569. The minimum Gasteiger partial charge on any atom is -0.466 e. The van der Waals surface area contributed by atoms with Crippen LogP contribution in [-0.2, 0) is 9.53 Å². The van der Waals surface area contributed by atoms with E-state index >= 15 is 0 Å². The van der Waals surface area contributed by atoms with Gasteiger partial charge in [-0.3, -0.25) is 0 Å². The first kappa shape index (κ1) is 11.0. The van der Waals surface area contributed by atoms with Gasteiger partial charge in [0, 0.05) is 11.6 Å². The Bertz CT molecular complexity index is 516. The summed E-state index contributed by atoms with van der Waals surface area (Å²) >= 11 is 0. The van der Waals surface area contributed by atoms with E-state index in [2.05, 4.69) is 4.74 Å². The van der Waals surface area contributed by atoms with Crippen LogP contribution in [0.4, 0.5) is 0 Å². The molecule has 1 aliphatic heterocycles. The van der Waals surface area contributed by atoms with Crippen molar-refractivity contribution in [3.8, 4) is 17.6 Å². The molecular weight excluding hydrogens is 222 g/mol. The van der Waals surface area contributed by atoms with Gasteiger partial charge in [0.15, 0.2) is 17.6 Å². The van der Waals surface area contributed by atoms with Crippen LogP contribution < -0.4 is 9.47 Å². The Labute approximate surface area is 97.8 Å². The zero-order valence-electron chi connectivity index (χ0n) is 9.04. The van der Waals surface area contributed by atoms with Crippen molar-refractivity contribution >= 4 is 12.0 Å². The summed E-state index contributed by atoms with van der Waals surface area (Å²) in [6.45, 7) is 0. The molecule has 0 N–H and O–H groups in total. The van der Waals surface area contributed by atoms with Crippen LogP contribution >= 0.6 is 0 Å². The number of benzene rings is 1. The van der Waals surface area contributed by atoms with E-state index < -0.39 is 12.3 Å². The van der Waals surface area contributed by atoms with Crippen LogP contribution in [0.1, 0.15) is 5.56 Å². The molecule has 17 heavy (non-hydrogen) atoms. The van der Waals surface area contributed by atoms with Crippen LogP contribution in [0.5, 0.6) is 11.5 Å². The van der Waals surface area contributed by atoms with E-state index in [0.717, 1.165) is 0 Å². The molecule has 0 aliphatic carbocycles. The molecule has 0 amide bonds. The predicted molar refractivity (Wildman–Crippen MR) is 58.1 cm³/mol. The second-order valence-electron chi connectivity index (χ2n) is 3.23. The number of fused-ring (bicyclic) bond motifs is 1. The lowest BCUT2D eigenvalue weighted by Crippen LogP contribution is -2.14. The Morgan fingerprint density at radius 3 is 3.06 bits per heavy atom. The van der Waals surface area contributed by atoms with Crippen LogP contribution in [0.2, 0.25) is 0 Å². The third-order valence-corrected chi connectivity index (χ3v) is 2.17. The maximum Gasteiger partial charge on any atom is 0.331 e. The van der Waals surface area contributed by atoms with Gasteiger partial charge in [0.1, 0.15) is 0 Å². The summed E-state index contributed by atoms with van der Waals surface area (Å²) < 4.78 is 14.9. The second kappa shape index (κ2) is 4.58. The number of esters is 1. The van der Waals surface area contributed by atoms with Crippen molar-refractivity contribution in [3.63, 3.8) is 0 Å². The standard InChI is InChI=1S/C12H9NO4/c1-15-10(14)6-5-8-3-2-4-9-12(8)17-11(7-13)16-9/h2-6,11H,1H3/b6-5+. The van der Waals surface area contributed by atoms with E-state index in [1.54, 1.807) is 24.3 Å². The van der Waals surface area contributed by atoms with Crippen molar-refractivity contribution < 1.29 is 19.0 Å². The molecule has 1 unspecified atom stereocenters. The average Bonchev–Trinajstić information content (AvgIpc) is 2.79. The highest BCUT2D eigenvalue weighted by atomic mass is 16.7. The summed E-state index contributed by atoms with van der Waals surface area (Å²) in [5.74, 6) is 0.487. The summed E-state index contributed by atoms with van der Waals surface area (Å²) in [7, 11) is 1.30. The molecule has 2 rings (SSSR count). The minimum atomic E-state index is -0.933. The Balaban J connectivity index is 2.27. The fraction of sp³-hybridized carbons (Fsp3) is 0.167. The second-order valence-corrected chi connectivity index (χ2v) is 3.23. The van der Waals surface area contributed by atoms with E-state index in [1.807, 2.05) is 6.07 Å². The van der Waals surface area contributed by atoms with Crippen molar-refractivity contribution in [2.45, 2.75) is 6.29 Å². The Hall–Kier alpha value is -2.48. The van der Waals surface area contributed by atoms with E-state index in [0.29, 0.717) is 17.1 Å². The molecule has 0 aromatic heterocycles. The van der Waals surface area contributed by atoms with Crippen molar-refractivity contribution in [2.24, 2.45) is 0 Å². The van der Waals surface area contributed by atoms with Gasteiger partial charge in [0.25, 0.3) is 0 Å². The number of carbonyl (C=O) groups is 1. The molecule has 0 saturated carbocycles. The first-order chi connectivity index (χ1) is 8.24. The lowest BCUT2D eigenvalue weighted by molar-refractivity contribution is -0.134. The van der Waals surface area contributed by atoms with Gasteiger partial charge in [-0.05, 0) is 12.1 Å². The van der Waals surface area contributed by atoms with Gasteiger partial charge in [0.05, 0.1) is 7.11 Å². The molecule has 0 fully saturated rings. The number of nitriles is 1. The van der Waals surface area contributed by atoms with Crippen molar-refractivity contribution in [3.05, 3.63) is 29.8 Å². The summed E-state index contributed by atoms with van der Waals surface area (Å²) in [6.07, 6.45) is 1.89. The summed E-state index contributed by atoms with van der Waals surface area (Å²) in [6, 6.07) is 7.05. The molecule has 0 radical (unpaired) electrons. The number of hydrogen-bond donors (Lipinski definition) is 0. The number of hydrogen-bond acceptors (Lipinski definition) is 5. The number of rotatable bonds is 2. The molecule has 86 valence electrons. The summed E-state index contributed by atoms with van der Waals surface area (Å²) in [4.78, 5) is 11.0. The number of nitrogens with zero attached hydrogens (tertiary/aromatic N) is 1. The van der Waals surface area contributed by atoms with Gasteiger partial charge in [-0.15, -0.1) is 0 Å². The van der Waals surface area contributed by atoms with Gasteiger partial charge in [-0.25, -0.2) is 4.79 Å². The molecule has 0 saturated heterocycles. The average molecular weight is 231 g/mol. The van der Waals surface area contributed by atoms with E-state index in [9.17, 15) is 4.79 Å². The summed E-state index contributed by atoms with van der Waals surface area (Å²) in [5, 5.41) is 8.69. The van der Waals surface area contributed by atoms with Gasteiger partial charge in [0.2, 0.25) is 0 Å². The van der Waals surface area contributed by atoms with Crippen molar-refractivity contribution in [1.29, 1.82) is 5.26 Å². The lowest BCUT2D eigenvalue weighted by atomic mass is 10.2.